The van der Waals surface area contributed by atoms with Gasteiger partial charge in [-0.15, -0.1) is 11.3 Å². The molecule has 1 aliphatic rings. The molecular weight excluding hydrogens is 335 g/mol. The number of benzene rings is 1. The van der Waals surface area contributed by atoms with Crippen molar-refractivity contribution >= 4 is 21.4 Å². The van der Waals surface area contributed by atoms with Crippen molar-refractivity contribution in [3.8, 4) is 0 Å². The van der Waals surface area contributed by atoms with Crippen LogP contribution in [0, 0.1) is 5.82 Å². The number of sulfonamides is 1. The third-order valence-corrected chi connectivity index (χ3v) is 7.71. The van der Waals surface area contributed by atoms with Crippen molar-refractivity contribution in [2.45, 2.75) is 17.2 Å². The first-order valence-electron chi connectivity index (χ1n) is 7.62. The topological polar surface area (TPSA) is 41.8 Å². The van der Waals surface area contributed by atoms with Crippen LogP contribution in [0.4, 0.5) is 4.39 Å². The van der Waals surface area contributed by atoms with Gasteiger partial charge in [0.05, 0.1) is 26.2 Å². The number of nitrogens with zero attached hydrogens (tertiary/aromatic N) is 1. The van der Waals surface area contributed by atoms with Gasteiger partial charge in [-0.3, -0.25) is 0 Å². The van der Waals surface area contributed by atoms with Gasteiger partial charge in [0.25, 0.3) is 10.0 Å². The first-order valence-corrected chi connectivity index (χ1v) is 9.94. The van der Waals surface area contributed by atoms with Crippen LogP contribution in [0.15, 0.2) is 46.0 Å². The lowest BCUT2D eigenvalue weighted by atomic mass is 10.1. The molecule has 23 heavy (non-hydrogen) atoms. The second-order valence-electron chi connectivity index (χ2n) is 5.77. The summed E-state index contributed by atoms with van der Waals surface area (Å²) in [5.41, 5.74) is 1.08. The minimum Gasteiger partial charge on any atom is -0.327 e. The SMILES string of the molecule is C[C@H](c1ccc(F)cc1)[NH+]1CCN(S(=O)(=O)c2cccs2)CC1. The molecule has 1 N–H and O–H groups in total. The molecule has 0 saturated carbocycles. The van der Waals surface area contributed by atoms with Gasteiger partial charge < -0.3 is 4.90 Å². The molecule has 0 bridgehead atoms. The van der Waals surface area contributed by atoms with Crippen LogP contribution in [0.5, 0.6) is 0 Å². The van der Waals surface area contributed by atoms with E-state index in [1.54, 1.807) is 21.8 Å². The molecule has 0 unspecified atom stereocenters. The van der Waals surface area contributed by atoms with Gasteiger partial charge in [0.2, 0.25) is 0 Å². The van der Waals surface area contributed by atoms with Crippen molar-refractivity contribution in [2.75, 3.05) is 26.2 Å². The summed E-state index contributed by atoms with van der Waals surface area (Å²) in [6, 6.07) is 10.2. The molecule has 1 fully saturated rings. The number of thiophene rings is 1. The number of hydrogen-bond donors (Lipinski definition) is 1. The maximum Gasteiger partial charge on any atom is 0.252 e. The molecular formula is C16H20FN2O2S2+. The molecule has 0 spiro atoms. The third-order valence-electron chi connectivity index (χ3n) is 4.44. The van der Waals surface area contributed by atoms with Crippen molar-refractivity contribution in [1.29, 1.82) is 0 Å². The lowest BCUT2D eigenvalue weighted by Gasteiger charge is -2.34. The monoisotopic (exact) mass is 355 g/mol. The second-order valence-corrected chi connectivity index (χ2v) is 8.88. The number of halogens is 1. The third kappa shape index (κ3) is 3.47. The smallest absolute Gasteiger partial charge is 0.252 e. The van der Waals surface area contributed by atoms with E-state index in [9.17, 15) is 12.8 Å². The fraction of sp³-hybridized carbons (Fsp3) is 0.375. The van der Waals surface area contributed by atoms with Gasteiger partial charge >= 0.3 is 0 Å². The fourth-order valence-corrected chi connectivity index (χ4v) is 5.56. The van der Waals surface area contributed by atoms with Crippen LogP contribution >= 0.6 is 11.3 Å². The first-order chi connectivity index (χ1) is 11.0. The molecule has 2 aromatic rings. The van der Waals surface area contributed by atoms with Gasteiger partial charge in [0.15, 0.2) is 0 Å². The number of piperazine rings is 1. The van der Waals surface area contributed by atoms with Crippen LogP contribution in [0.3, 0.4) is 0 Å². The first kappa shape index (κ1) is 16.6. The molecule has 124 valence electrons. The quantitative estimate of drug-likeness (QED) is 0.904. The van der Waals surface area contributed by atoms with E-state index in [-0.39, 0.29) is 11.9 Å². The molecule has 0 radical (unpaired) electrons. The molecule has 3 rings (SSSR count). The molecule has 0 aliphatic carbocycles. The molecule has 4 nitrogen and oxygen atoms in total. The normalized spacial score (nSPS) is 18.9. The Bertz CT molecular complexity index is 737. The number of quaternary nitrogens is 1. The molecule has 7 heteroatoms. The maximum absolute atomic E-state index is 13.0. The van der Waals surface area contributed by atoms with Gasteiger partial charge in [-0.05, 0) is 30.5 Å². The Balaban J connectivity index is 1.65. The van der Waals surface area contributed by atoms with E-state index >= 15 is 0 Å². The highest BCUT2D eigenvalue weighted by Crippen LogP contribution is 2.21. The zero-order chi connectivity index (χ0) is 16.4. The maximum atomic E-state index is 13.0. The molecule has 2 heterocycles. The van der Waals surface area contributed by atoms with Gasteiger partial charge in [-0.1, -0.05) is 18.2 Å². The van der Waals surface area contributed by atoms with E-state index in [2.05, 4.69) is 6.92 Å². The molecule has 1 aliphatic heterocycles. The van der Waals surface area contributed by atoms with E-state index < -0.39 is 10.0 Å². The molecule has 1 atom stereocenters. The van der Waals surface area contributed by atoms with Crippen molar-refractivity contribution in [3.05, 3.63) is 53.2 Å². The van der Waals surface area contributed by atoms with Crippen molar-refractivity contribution < 1.29 is 17.7 Å². The minimum atomic E-state index is -3.35. The van der Waals surface area contributed by atoms with E-state index in [1.807, 2.05) is 12.1 Å². The average Bonchev–Trinajstić information content (AvgIpc) is 3.10. The van der Waals surface area contributed by atoms with Crippen molar-refractivity contribution in [1.82, 2.24) is 4.31 Å². The second kappa shape index (κ2) is 6.68. The Morgan fingerprint density at radius 2 is 1.83 bits per heavy atom. The van der Waals surface area contributed by atoms with E-state index in [0.717, 1.165) is 18.7 Å². The fourth-order valence-electron chi connectivity index (χ4n) is 2.97. The largest absolute Gasteiger partial charge is 0.327 e. The van der Waals surface area contributed by atoms with Crippen LogP contribution < -0.4 is 4.90 Å². The predicted molar refractivity (Wildman–Crippen MR) is 88.6 cm³/mol. The van der Waals surface area contributed by atoms with Crippen LogP contribution in [0.2, 0.25) is 0 Å². The lowest BCUT2D eigenvalue weighted by molar-refractivity contribution is -0.933. The number of hydrogen-bond acceptors (Lipinski definition) is 3. The van der Waals surface area contributed by atoms with E-state index in [4.69, 9.17) is 0 Å². The zero-order valence-electron chi connectivity index (χ0n) is 12.9. The standard InChI is InChI=1S/C16H19FN2O2S2/c1-13(14-4-6-15(17)7-5-14)18-8-10-19(11-9-18)23(20,21)16-3-2-12-22-16/h2-7,12-13H,8-11H2,1H3/p+1/t13-/m1/s1. The Labute approximate surface area is 140 Å². The number of nitrogens with one attached hydrogen (secondary N) is 1. The van der Waals surface area contributed by atoms with Crippen LogP contribution in [-0.4, -0.2) is 38.9 Å². The molecule has 1 saturated heterocycles. The predicted octanol–water partition coefficient (Wildman–Crippen LogP) is 1.54. The highest BCUT2D eigenvalue weighted by atomic mass is 32.2. The highest BCUT2D eigenvalue weighted by Gasteiger charge is 2.33. The highest BCUT2D eigenvalue weighted by molar-refractivity contribution is 7.91. The summed E-state index contributed by atoms with van der Waals surface area (Å²) < 4.78 is 40.0. The Hall–Kier alpha value is -1.28. The summed E-state index contributed by atoms with van der Waals surface area (Å²) in [5.74, 6) is -0.234. The van der Waals surface area contributed by atoms with Crippen molar-refractivity contribution in [2.24, 2.45) is 0 Å². The van der Waals surface area contributed by atoms with Crippen LogP contribution in [0.1, 0.15) is 18.5 Å². The summed E-state index contributed by atoms with van der Waals surface area (Å²) in [6.07, 6.45) is 0. The average molecular weight is 355 g/mol. The van der Waals surface area contributed by atoms with Gasteiger partial charge in [0, 0.05) is 5.56 Å². The summed E-state index contributed by atoms with van der Waals surface area (Å²) in [6.45, 7) is 4.64. The van der Waals surface area contributed by atoms with Gasteiger partial charge in [0.1, 0.15) is 16.1 Å². The molecule has 0 amide bonds. The van der Waals surface area contributed by atoms with Crippen molar-refractivity contribution in [3.63, 3.8) is 0 Å². The molecule has 1 aromatic heterocycles. The van der Waals surface area contributed by atoms with Crippen LogP contribution in [0.25, 0.3) is 0 Å². The summed E-state index contributed by atoms with van der Waals surface area (Å²) >= 11 is 1.26. The van der Waals surface area contributed by atoms with E-state index in [0.29, 0.717) is 17.3 Å². The summed E-state index contributed by atoms with van der Waals surface area (Å²) in [5, 5.41) is 1.78. The van der Waals surface area contributed by atoms with Crippen LogP contribution in [-0.2, 0) is 10.0 Å². The Morgan fingerprint density at radius 1 is 1.17 bits per heavy atom. The Kier molecular flexibility index (Phi) is 4.82. The van der Waals surface area contributed by atoms with Gasteiger partial charge in [-0.25, -0.2) is 12.8 Å². The minimum absolute atomic E-state index is 0.224. The van der Waals surface area contributed by atoms with E-state index in [1.165, 1.54) is 28.4 Å². The zero-order valence-corrected chi connectivity index (χ0v) is 14.5. The Morgan fingerprint density at radius 3 is 2.39 bits per heavy atom. The molecule has 1 aromatic carbocycles. The van der Waals surface area contributed by atoms with Gasteiger partial charge in [-0.2, -0.15) is 4.31 Å². The summed E-state index contributed by atoms with van der Waals surface area (Å²) in [4.78, 5) is 1.33. The lowest BCUT2D eigenvalue weighted by Crippen LogP contribution is -3.14. The number of rotatable bonds is 4. The summed E-state index contributed by atoms with van der Waals surface area (Å²) in [7, 11) is -3.35.